The number of nitrogens with zero attached hydrogens (tertiary/aromatic N) is 2. The maximum Gasteiger partial charge on any atom is 0.243 e. The van der Waals surface area contributed by atoms with E-state index >= 15 is 0 Å². The van der Waals surface area contributed by atoms with Crippen molar-refractivity contribution in [2.24, 2.45) is 0 Å². The minimum Gasteiger partial charge on any atom is -0.296 e. The van der Waals surface area contributed by atoms with E-state index in [9.17, 15) is 17.2 Å². The molecule has 2 aromatic carbocycles. The summed E-state index contributed by atoms with van der Waals surface area (Å²) in [4.78, 5) is 1.97. The molecule has 0 atom stereocenters. The van der Waals surface area contributed by atoms with Gasteiger partial charge < -0.3 is 0 Å². The fraction of sp³-hybridized carbons (Fsp3) is 0.333. The second kappa shape index (κ2) is 7.19. The quantitative estimate of drug-likeness (QED) is 0.836. The second-order valence-electron chi connectivity index (χ2n) is 6.24. The zero-order valence-electron chi connectivity index (χ0n) is 14.0. The average Bonchev–Trinajstić information content (AvgIpc) is 2.60. The molecule has 0 aromatic heterocycles. The molecule has 3 rings (SSSR count). The molecule has 4 nitrogen and oxygen atoms in total. The number of hydrogen-bond donors (Lipinski definition) is 0. The Morgan fingerprint density at radius 2 is 1.56 bits per heavy atom. The van der Waals surface area contributed by atoms with Gasteiger partial charge in [0.05, 0.1) is 4.90 Å². The Labute approximate surface area is 146 Å². The highest BCUT2D eigenvalue weighted by atomic mass is 32.2. The molecule has 0 bridgehead atoms. The third-order valence-corrected chi connectivity index (χ3v) is 6.28. The van der Waals surface area contributed by atoms with E-state index in [1.165, 1.54) is 15.4 Å². The summed E-state index contributed by atoms with van der Waals surface area (Å²) in [6, 6.07) is 10.9. The van der Waals surface area contributed by atoms with Crippen LogP contribution in [0.4, 0.5) is 8.78 Å². The van der Waals surface area contributed by atoms with Crippen LogP contribution in [0.25, 0.3) is 0 Å². The van der Waals surface area contributed by atoms with Crippen LogP contribution >= 0.6 is 0 Å². The molecule has 0 aliphatic carbocycles. The Morgan fingerprint density at radius 3 is 2.16 bits per heavy atom. The van der Waals surface area contributed by atoms with Gasteiger partial charge in [-0.1, -0.05) is 29.8 Å². The highest BCUT2D eigenvalue weighted by Gasteiger charge is 2.29. The minimum atomic E-state index is -3.80. The first-order valence-electron chi connectivity index (χ1n) is 8.09. The first-order valence-corrected chi connectivity index (χ1v) is 9.53. The van der Waals surface area contributed by atoms with Gasteiger partial charge >= 0.3 is 0 Å². The third kappa shape index (κ3) is 4.05. The molecule has 25 heavy (non-hydrogen) atoms. The maximum atomic E-state index is 13.3. The van der Waals surface area contributed by atoms with Crippen molar-refractivity contribution in [3.05, 3.63) is 65.2 Å². The van der Waals surface area contributed by atoms with Crippen LogP contribution < -0.4 is 0 Å². The average molecular weight is 366 g/mol. The summed E-state index contributed by atoms with van der Waals surface area (Å²) in [5, 5.41) is 0. The Morgan fingerprint density at radius 1 is 0.920 bits per heavy atom. The monoisotopic (exact) mass is 366 g/mol. The predicted molar refractivity (Wildman–Crippen MR) is 91.6 cm³/mol. The number of sulfonamides is 1. The van der Waals surface area contributed by atoms with Crippen molar-refractivity contribution in [2.75, 3.05) is 26.2 Å². The van der Waals surface area contributed by atoms with E-state index in [2.05, 4.69) is 29.2 Å². The molecular formula is C18H20F2N2O2S. The first kappa shape index (κ1) is 18.0. The van der Waals surface area contributed by atoms with Gasteiger partial charge in [0.2, 0.25) is 10.0 Å². The summed E-state index contributed by atoms with van der Waals surface area (Å²) < 4.78 is 52.8. The number of rotatable bonds is 4. The topological polar surface area (TPSA) is 40.6 Å². The number of aryl methyl sites for hydroxylation is 1. The van der Waals surface area contributed by atoms with Crippen molar-refractivity contribution in [2.45, 2.75) is 18.4 Å². The zero-order valence-corrected chi connectivity index (χ0v) is 14.8. The van der Waals surface area contributed by atoms with Crippen LogP contribution in [0.1, 0.15) is 11.1 Å². The smallest absolute Gasteiger partial charge is 0.243 e. The molecule has 0 unspecified atom stereocenters. The van der Waals surface area contributed by atoms with E-state index in [0.29, 0.717) is 26.2 Å². The zero-order chi connectivity index (χ0) is 18.0. The molecular weight excluding hydrogens is 346 g/mol. The van der Waals surface area contributed by atoms with Gasteiger partial charge in [0, 0.05) is 32.7 Å². The molecule has 1 saturated heterocycles. The van der Waals surface area contributed by atoms with Crippen molar-refractivity contribution in [1.29, 1.82) is 0 Å². The Bertz CT molecular complexity index is 846. The minimum absolute atomic E-state index is 0.210. The molecule has 1 aliphatic heterocycles. The van der Waals surface area contributed by atoms with Crippen LogP contribution in [0.5, 0.6) is 0 Å². The van der Waals surface area contributed by atoms with Gasteiger partial charge in [-0.3, -0.25) is 4.90 Å². The lowest BCUT2D eigenvalue weighted by molar-refractivity contribution is 0.181. The molecule has 1 aliphatic rings. The summed E-state index contributed by atoms with van der Waals surface area (Å²) in [5.41, 5.74) is 2.38. The van der Waals surface area contributed by atoms with Gasteiger partial charge in [-0.2, -0.15) is 4.31 Å². The third-order valence-electron chi connectivity index (χ3n) is 4.39. The van der Waals surface area contributed by atoms with Crippen LogP contribution in [-0.4, -0.2) is 43.8 Å². The summed E-state index contributed by atoms with van der Waals surface area (Å²) in [6.07, 6.45) is 0. The molecule has 0 spiro atoms. The van der Waals surface area contributed by atoms with E-state index in [-0.39, 0.29) is 4.90 Å². The van der Waals surface area contributed by atoms with E-state index < -0.39 is 21.7 Å². The van der Waals surface area contributed by atoms with Gasteiger partial charge in [0.1, 0.15) is 0 Å². The lowest BCUT2D eigenvalue weighted by atomic mass is 10.1. The van der Waals surface area contributed by atoms with Gasteiger partial charge in [-0.15, -0.1) is 0 Å². The van der Waals surface area contributed by atoms with Crippen LogP contribution in [0.15, 0.2) is 47.4 Å². The Hall–Kier alpha value is -1.83. The van der Waals surface area contributed by atoms with Crippen molar-refractivity contribution in [1.82, 2.24) is 9.21 Å². The SMILES string of the molecule is Cc1ccc(CN2CCN(S(=O)(=O)c3ccc(F)c(F)c3)CC2)cc1. The van der Waals surface area contributed by atoms with E-state index in [1.807, 2.05) is 6.92 Å². The van der Waals surface area contributed by atoms with E-state index in [4.69, 9.17) is 0 Å². The Kier molecular flexibility index (Phi) is 5.17. The molecule has 0 saturated carbocycles. The number of benzene rings is 2. The number of piperazine rings is 1. The molecule has 2 aromatic rings. The van der Waals surface area contributed by atoms with Gasteiger partial charge in [0.15, 0.2) is 11.6 Å². The molecule has 0 radical (unpaired) electrons. The van der Waals surface area contributed by atoms with Gasteiger partial charge in [0.25, 0.3) is 0 Å². The number of hydrogen-bond acceptors (Lipinski definition) is 3. The summed E-state index contributed by atoms with van der Waals surface area (Å²) >= 11 is 0. The fourth-order valence-corrected chi connectivity index (χ4v) is 4.30. The van der Waals surface area contributed by atoms with Crippen LogP contribution in [0.3, 0.4) is 0 Å². The van der Waals surface area contributed by atoms with Crippen molar-refractivity contribution in [3.8, 4) is 0 Å². The molecule has 0 amide bonds. The highest BCUT2D eigenvalue weighted by molar-refractivity contribution is 7.89. The van der Waals surface area contributed by atoms with Crippen molar-refractivity contribution < 1.29 is 17.2 Å². The lowest BCUT2D eigenvalue weighted by Crippen LogP contribution is -2.48. The highest BCUT2D eigenvalue weighted by Crippen LogP contribution is 2.20. The maximum absolute atomic E-state index is 13.3. The van der Waals surface area contributed by atoms with Gasteiger partial charge in [-0.05, 0) is 30.7 Å². The van der Waals surface area contributed by atoms with Crippen molar-refractivity contribution >= 4 is 10.0 Å². The molecule has 1 heterocycles. The second-order valence-corrected chi connectivity index (χ2v) is 8.18. The van der Waals surface area contributed by atoms with E-state index in [1.54, 1.807) is 0 Å². The summed E-state index contributed by atoms with van der Waals surface area (Å²) in [7, 11) is -3.80. The van der Waals surface area contributed by atoms with E-state index in [0.717, 1.165) is 24.7 Å². The standard InChI is InChI=1S/C18H20F2N2O2S/c1-14-2-4-15(5-3-14)13-21-8-10-22(11-9-21)25(23,24)16-6-7-17(19)18(20)12-16/h2-7,12H,8-11,13H2,1H3. The molecule has 1 fully saturated rings. The molecule has 7 heteroatoms. The summed E-state index contributed by atoms with van der Waals surface area (Å²) in [6.45, 7) is 4.64. The molecule has 134 valence electrons. The fourth-order valence-electron chi connectivity index (χ4n) is 2.87. The van der Waals surface area contributed by atoms with Crippen LogP contribution in [0.2, 0.25) is 0 Å². The van der Waals surface area contributed by atoms with Crippen LogP contribution in [0, 0.1) is 18.6 Å². The normalized spacial score (nSPS) is 16.9. The predicted octanol–water partition coefficient (Wildman–Crippen LogP) is 2.78. The number of halogens is 2. The largest absolute Gasteiger partial charge is 0.296 e. The van der Waals surface area contributed by atoms with Gasteiger partial charge in [-0.25, -0.2) is 17.2 Å². The Balaban J connectivity index is 1.64. The van der Waals surface area contributed by atoms with Crippen molar-refractivity contribution in [3.63, 3.8) is 0 Å². The van der Waals surface area contributed by atoms with Crippen LogP contribution in [-0.2, 0) is 16.6 Å². The molecule has 0 N–H and O–H groups in total. The summed E-state index contributed by atoms with van der Waals surface area (Å²) in [5.74, 6) is -2.21. The lowest BCUT2D eigenvalue weighted by Gasteiger charge is -2.34. The first-order chi connectivity index (χ1) is 11.9.